The van der Waals surface area contributed by atoms with E-state index in [1.54, 1.807) is 0 Å². The van der Waals surface area contributed by atoms with E-state index in [4.69, 9.17) is 0 Å². The third kappa shape index (κ3) is 3.44. The molecule has 1 aliphatic heterocycles. The van der Waals surface area contributed by atoms with E-state index in [1.807, 2.05) is 60.7 Å². The quantitative estimate of drug-likeness (QED) is 0.825. The predicted molar refractivity (Wildman–Crippen MR) is 105 cm³/mol. The normalized spacial score (nSPS) is 21.1. The van der Waals surface area contributed by atoms with Crippen molar-refractivity contribution in [1.82, 2.24) is 10.2 Å². The molecule has 1 saturated heterocycles. The summed E-state index contributed by atoms with van der Waals surface area (Å²) in [5.41, 5.74) is 1.78. The molecule has 5 heteroatoms. The molecular weight excluding hydrogens is 352 g/mol. The van der Waals surface area contributed by atoms with Crippen LogP contribution in [0.1, 0.15) is 49.1 Å². The summed E-state index contributed by atoms with van der Waals surface area (Å²) in [6, 6.07) is 18.5. The first kappa shape index (κ1) is 18.4. The number of rotatable bonds is 4. The van der Waals surface area contributed by atoms with Gasteiger partial charge in [-0.15, -0.1) is 0 Å². The van der Waals surface area contributed by atoms with Crippen LogP contribution in [0.4, 0.5) is 4.79 Å². The van der Waals surface area contributed by atoms with E-state index in [0.29, 0.717) is 0 Å². The Bertz CT molecular complexity index is 820. The monoisotopic (exact) mass is 376 g/mol. The zero-order valence-corrected chi connectivity index (χ0v) is 15.7. The zero-order valence-electron chi connectivity index (χ0n) is 15.7. The maximum atomic E-state index is 13.5. The van der Waals surface area contributed by atoms with Gasteiger partial charge in [-0.25, -0.2) is 4.79 Å². The summed E-state index contributed by atoms with van der Waals surface area (Å²) in [6.45, 7) is 0. The van der Waals surface area contributed by atoms with Gasteiger partial charge in [0, 0.05) is 12.0 Å². The standard InChI is InChI=1S/C23H24N2O3/c26-21-20(22(27)25(23(28)24-21)18-14-8-3-9-15-18)19(16-10-4-1-5-11-16)17-12-6-2-7-13-17/h1-2,4-7,10-13,18-20H,3,8-9,14-15H2,(H,24,26,28). The lowest BCUT2D eigenvalue weighted by Gasteiger charge is -2.39. The van der Waals surface area contributed by atoms with E-state index >= 15 is 0 Å². The first-order chi connectivity index (χ1) is 13.7. The third-order valence-electron chi connectivity index (χ3n) is 5.83. The Hall–Kier alpha value is -2.95. The first-order valence-corrected chi connectivity index (χ1v) is 9.94. The molecule has 1 aliphatic carbocycles. The number of hydrogen-bond acceptors (Lipinski definition) is 3. The van der Waals surface area contributed by atoms with E-state index in [0.717, 1.165) is 43.2 Å². The van der Waals surface area contributed by atoms with Gasteiger partial charge in [-0.05, 0) is 24.0 Å². The van der Waals surface area contributed by atoms with Crippen LogP contribution in [0.25, 0.3) is 0 Å². The van der Waals surface area contributed by atoms with Crippen molar-refractivity contribution in [3.8, 4) is 0 Å². The molecule has 2 aromatic carbocycles. The number of benzene rings is 2. The molecule has 0 bridgehead atoms. The molecule has 1 N–H and O–H groups in total. The molecule has 0 aromatic heterocycles. The summed E-state index contributed by atoms with van der Waals surface area (Å²) in [5.74, 6) is -2.28. The van der Waals surface area contributed by atoms with Crippen molar-refractivity contribution in [2.45, 2.75) is 44.1 Å². The SMILES string of the molecule is O=C1NC(=O)N(C2CCCCC2)C(=O)C1C(c1ccccc1)c1ccccc1. The lowest BCUT2D eigenvalue weighted by Crippen LogP contribution is -2.62. The molecule has 4 amide bonds. The van der Waals surface area contributed by atoms with Crippen LogP contribution < -0.4 is 5.32 Å². The van der Waals surface area contributed by atoms with Crippen LogP contribution in [0.5, 0.6) is 0 Å². The minimum absolute atomic E-state index is 0.121. The Morgan fingerprint density at radius 2 is 1.32 bits per heavy atom. The summed E-state index contributed by atoms with van der Waals surface area (Å²) < 4.78 is 0. The van der Waals surface area contributed by atoms with Gasteiger partial charge in [0.2, 0.25) is 11.8 Å². The average Bonchev–Trinajstić information content (AvgIpc) is 2.73. The fraction of sp³-hybridized carbons (Fsp3) is 0.348. The van der Waals surface area contributed by atoms with Gasteiger partial charge in [0.1, 0.15) is 5.92 Å². The van der Waals surface area contributed by atoms with Crippen molar-refractivity contribution in [2.75, 3.05) is 0 Å². The molecule has 0 spiro atoms. The van der Waals surface area contributed by atoms with Gasteiger partial charge >= 0.3 is 6.03 Å². The molecule has 5 nitrogen and oxygen atoms in total. The highest BCUT2D eigenvalue weighted by Gasteiger charge is 2.47. The molecule has 0 radical (unpaired) electrons. The number of nitrogens with one attached hydrogen (secondary N) is 1. The van der Waals surface area contributed by atoms with Crippen LogP contribution >= 0.6 is 0 Å². The number of carbonyl (C=O) groups is 3. The highest BCUT2D eigenvalue weighted by atomic mass is 16.2. The van der Waals surface area contributed by atoms with Gasteiger partial charge in [-0.1, -0.05) is 79.9 Å². The van der Waals surface area contributed by atoms with Crippen LogP contribution in [0.2, 0.25) is 0 Å². The molecule has 1 saturated carbocycles. The summed E-state index contributed by atoms with van der Waals surface area (Å²) in [7, 11) is 0. The van der Waals surface area contributed by atoms with E-state index in [9.17, 15) is 14.4 Å². The van der Waals surface area contributed by atoms with Gasteiger partial charge in [-0.2, -0.15) is 0 Å². The predicted octanol–water partition coefficient (Wildman–Crippen LogP) is 3.85. The van der Waals surface area contributed by atoms with Gasteiger partial charge in [-0.3, -0.25) is 19.8 Å². The Morgan fingerprint density at radius 1 is 0.786 bits per heavy atom. The number of amides is 4. The molecule has 4 rings (SSSR count). The van der Waals surface area contributed by atoms with Crippen molar-refractivity contribution in [1.29, 1.82) is 0 Å². The van der Waals surface area contributed by atoms with Crippen LogP contribution in [-0.4, -0.2) is 28.8 Å². The van der Waals surface area contributed by atoms with Gasteiger partial charge < -0.3 is 0 Å². The summed E-state index contributed by atoms with van der Waals surface area (Å²) >= 11 is 0. The van der Waals surface area contributed by atoms with Gasteiger partial charge in [0.05, 0.1) is 0 Å². The maximum absolute atomic E-state index is 13.5. The minimum atomic E-state index is -0.954. The van der Waals surface area contributed by atoms with E-state index in [-0.39, 0.29) is 11.9 Å². The smallest absolute Gasteiger partial charge is 0.277 e. The highest BCUT2D eigenvalue weighted by molar-refractivity contribution is 6.17. The number of urea groups is 1. The van der Waals surface area contributed by atoms with Crippen molar-refractivity contribution in [2.24, 2.45) is 5.92 Å². The average molecular weight is 376 g/mol. The molecule has 1 unspecified atom stereocenters. The molecule has 2 fully saturated rings. The van der Waals surface area contributed by atoms with Gasteiger partial charge in [0.25, 0.3) is 0 Å². The largest absolute Gasteiger partial charge is 0.331 e. The van der Waals surface area contributed by atoms with Crippen molar-refractivity contribution in [3.63, 3.8) is 0 Å². The van der Waals surface area contributed by atoms with E-state index < -0.39 is 23.8 Å². The lowest BCUT2D eigenvalue weighted by atomic mass is 9.78. The van der Waals surface area contributed by atoms with Gasteiger partial charge in [0.15, 0.2) is 0 Å². The highest BCUT2D eigenvalue weighted by Crippen LogP contribution is 2.36. The third-order valence-corrected chi connectivity index (χ3v) is 5.83. The number of nitrogens with zero attached hydrogens (tertiary/aromatic N) is 1. The molecule has 1 heterocycles. The number of carbonyl (C=O) groups excluding carboxylic acids is 3. The number of hydrogen-bond donors (Lipinski definition) is 1. The fourth-order valence-corrected chi connectivity index (χ4v) is 4.48. The molecule has 144 valence electrons. The van der Waals surface area contributed by atoms with Crippen molar-refractivity contribution >= 4 is 17.8 Å². The second-order valence-electron chi connectivity index (χ2n) is 7.57. The Morgan fingerprint density at radius 3 is 1.86 bits per heavy atom. The lowest BCUT2D eigenvalue weighted by molar-refractivity contribution is -0.145. The molecule has 1 atom stereocenters. The first-order valence-electron chi connectivity index (χ1n) is 9.94. The Labute approximate surface area is 164 Å². The van der Waals surface area contributed by atoms with E-state index in [2.05, 4.69) is 5.32 Å². The molecule has 28 heavy (non-hydrogen) atoms. The number of imide groups is 2. The topological polar surface area (TPSA) is 66.5 Å². The Kier molecular flexibility index (Phi) is 5.24. The molecule has 2 aromatic rings. The van der Waals surface area contributed by atoms with Crippen molar-refractivity contribution in [3.05, 3.63) is 71.8 Å². The number of barbiturate groups is 1. The minimum Gasteiger partial charge on any atom is -0.277 e. The summed E-state index contributed by atoms with van der Waals surface area (Å²) in [4.78, 5) is 40.2. The maximum Gasteiger partial charge on any atom is 0.331 e. The summed E-state index contributed by atoms with van der Waals surface area (Å²) in [6.07, 6.45) is 4.74. The molecular formula is C23H24N2O3. The van der Waals surface area contributed by atoms with Crippen LogP contribution in [0.3, 0.4) is 0 Å². The van der Waals surface area contributed by atoms with Crippen LogP contribution in [0.15, 0.2) is 60.7 Å². The van der Waals surface area contributed by atoms with Crippen molar-refractivity contribution < 1.29 is 14.4 Å². The van der Waals surface area contributed by atoms with E-state index in [1.165, 1.54) is 4.90 Å². The second-order valence-corrected chi connectivity index (χ2v) is 7.57. The summed E-state index contributed by atoms with van der Waals surface area (Å²) in [5, 5.41) is 2.45. The van der Waals surface area contributed by atoms with Crippen LogP contribution in [-0.2, 0) is 9.59 Å². The molecule has 2 aliphatic rings. The zero-order chi connectivity index (χ0) is 19.5. The van der Waals surface area contributed by atoms with Crippen LogP contribution in [0, 0.1) is 5.92 Å². The Balaban J connectivity index is 1.75. The second kappa shape index (κ2) is 7.97. The fourth-order valence-electron chi connectivity index (χ4n) is 4.48.